The lowest BCUT2D eigenvalue weighted by Gasteiger charge is -2.44. The van der Waals surface area contributed by atoms with Crippen LogP contribution in [-0.4, -0.2) is 72.7 Å². The summed E-state index contributed by atoms with van der Waals surface area (Å²) in [7, 11) is -3.56. The molecule has 0 saturated carbocycles. The second-order valence-corrected chi connectivity index (χ2v) is 9.91. The van der Waals surface area contributed by atoms with Crippen molar-refractivity contribution < 1.29 is 36.2 Å². The fraction of sp³-hybridized carbons (Fsp3) is 0.476. The van der Waals surface area contributed by atoms with Crippen LogP contribution in [0.25, 0.3) is 0 Å². The van der Waals surface area contributed by atoms with Gasteiger partial charge in [-0.15, -0.1) is 0 Å². The number of carbonyl (C=O) groups is 1. The van der Waals surface area contributed by atoms with Crippen LogP contribution >= 0.6 is 0 Å². The topological polar surface area (TPSA) is 113 Å². The maximum atomic E-state index is 13.1. The molecule has 1 aromatic heterocycles. The molecule has 2 aliphatic rings. The number of nitrogens with zero attached hydrogens (tertiary/aromatic N) is 4. The number of ether oxygens (including phenoxy) is 1. The Morgan fingerprint density at radius 1 is 1.15 bits per heavy atom. The third-order valence-corrected chi connectivity index (χ3v) is 7.73. The summed E-state index contributed by atoms with van der Waals surface area (Å²) in [6, 6.07) is 8.73. The van der Waals surface area contributed by atoms with Crippen LogP contribution in [0.5, 0.6) is 5.75 Å². The maximum absolute atomic E-state index is 13.1. The van der Waals surface area contributed by atoms with Gasteiger partial charge in [-0.2, -0.15) is 17.5 Å². The second kappa shape index (κ2) is 10.1. The number of anilines is 1. The lowest BCUT2D eigenvalue weighted by molar-refractivity contribution is -0.192. The van der Waals surface area contributed by atoms with E-state index in [2.05, 4.69) is 14.9 Å². The molecule has 34 heavy (non-hydrogen) atoms. The first-order valence-electron chi connectivity index (χ1n) is 10.5. The van der Waals surface area contributed by atoms with Gasteiger partial charge in [0.15, 0.2) is 0 Å². The van der Waals surface area contributed by atoms with Crippen molar-refractivity contribution in [3.8, 4) is 5.75 Å². The fourth-order valence-electron chi connectivity index (χ4n) is 3.88. The second-order valence-electron chi connectivity index (χ2n) is 8.01. The highest BCUT2D eigenvalue weighted by molar-refractivity contribution is 7.89. The number of piperidine rings is 1. The van der Waals surface area contributed by atoms with Gasteiger partial charge in [-0.05, 0) is 31.0 Å². The van der Waals surface area contributed by atoms with E-state index in [4.69, 9.17) is 14.6 Å². The van der Waals surface area contributed by atoms with Gasteiger partial charge in [0.05, 0.1) is 6.61 Å². The van der Waals surface area contributed by atoms with E-state index in [1.54, 1.807) is 41.0 Å². The Hall–Kier alpha value is -2.93. The summed E-state index contributed by atoms with van der Waals surface area (Å²) in [5.41, 5.74) is -0.206. The van der Waals surface area contributed by atoms with Crippen LogP contribution in [0.15, 0.2) is 47.6 Å². The Morgan fingerprint density at radius 3 is 2.29 bits per heavy atom. The molecule has 4 rings (SSSR count). The zero-order valence-electron chi connectivity index (χ0n) is 18.4. The van der Waals surface area contributed by atoms with E-state index in [1.807, 2.05) is 13.0 Å². The fourth-order valence-corrected chi connectivity index (χ4v) is 5.57. The summed E-state index contributed by atoms with van der Waals surface area (Å²) in [6.45, 7) is 4.90. The molecule has 1 N–H and O–H groups in total. The van der Waals surface area contributed by atoms with Gasteiger partial charge in [0, 0.05) is 44.0 Å². The first kappa shape index (κ1) is 25.7. The molecule has 0 bridgehead atoms. The molecule has 1 spiro atoms. The van der Waals surface area contributed by atoms with Crippen LogP contribution in [0.4, 0.5) is 19.1 Å². The molecule has 0 atom stereocenters. The predicted octanol–water partition coefficient (Wildman–Crippen LogP) is 2.80. The number of para-hydroxylation sites is 1. The molecule has 1 saturated heterocycles. The van der Waals surface area contributed by atoms with Crippen molar-refractivity contribution in [2.75, 3.05) is 37.7 Å². The Labute approximate surface area is 195 Å². The van der Waals surface area contributed by atoms with Crippen LogP contribution in [0.2, 0.25) is 0 Å². The predicted molar refractivity (Wildman–Crippen MR) is 116 cm³/mol. The van der Waals surface area contributed by atoms with Crippen LogP contribution in [-0.2, 0) is 14.8 Å². The number of benzene rings is 1. The van der Waals surface area contributed by atoms with Gasteiger partial charge in [-0.3, -0.25) is 0 Å². The molecule has 0 radical (unpaired) electrons. The zero-order chi connectivity index (χ0) is 25.0. The summed E-state index contributed by atoms with van der Waals surface area (Å²) in [5, 5.41) is 7.12. The van der Waals surface area contributed by atoms with Gasteiger partial charge in [-0.25, -0.2) is 23.2 Å². The van der Waals surface area contributed by atoms with Crippen LogP contribution in [0.1, 0.15) is 19.8 Å². The Balaban J connectivity index is 0.000000406. The highest BCUT2D eigenvalue weighted by Crippen LogP contribution is 2.39. The van der Waals surface area contributed by atoms with Crippen LogP contribution < -0.4 is 9.64 Å². The van der Waals surface area contributed by atoms with Crippen molar-refractivity contribution in [3.05, 3.63) is 42.7 Å². The van der Waals surface area contributed by atoms with Crippen molar-refractivity contribution in [1.82, 2.24) is 14.3 Å². The van der Waals surface area contributed by atoms with Gasteiger partial charge in [0.2, 0.25) is 16.0 Å². The molecule has 9 nitrogen and oxygen atoms in total. The minimum atomic E-state index is -5.08. The monoisotopic (exact) mass is 502 g/mol. The number of hydrogen-bond donors (Lipinski definition) is 1. The minimum Gasteiger partial charge on any atom is -0.492 e. The van der Waals surface area contributed by atoms with Crippen molar-refractivity contribution >= 4 is 21.9 Å². The van der Waals surface area contributed by atoms with E-state index in [-0.39, 0.29) is 10.3 Å². The third kappa shape index (κ3) is 5.76. The number of sulfonamides is 1. The molecule has 3 heterocycles. The van der Waals surface area contributed by atoms with Crippen molar-refractivity contribution in [3.63, 3.8) is 0 Å². The van der Waals surface area contributed by atoms with Crippen molar-refractivity contribution in [2.45, 2.75) is 30.8 Å². The maximum Gasteiger partial charge on any atom is 0.490 e. The molecule has 186 valence electrons. The van der Waals surface area contributed by atoms with Crippen molar-refractivity contribution in [2.24, 2.45) is 5.41 Å². The molecule has 0 unspecified atom stereocenters. The Bertz CT molecular complexity index is 1090. The van der Waals surface area contributed by atoms with Crippen molar-refractivity contribution in [1.29, 1.82) is 0 Å². The minimum absolute atomic E-state index is 0.206. The van der Waals surface area contributed by atoms with E-state index >= 15 is 0 Å². The molecule has 13 heteroatoms. The summed E-state index contributed by atoms with van der Waals surface area (Å²) < 4.78 is 65.6. The lowest BCUT2D eigenvalue weighted by atomic mass is 9.79. The van der Waals surface area contributed by atoms with E-state index < -0.39 is 22.2 Å². The van der Waals surface area contributed by atoms with Gasteiger partial charge < -0.3 is 14.7 Å². The van der Waals surface area contributed by atoms with E-state index in [1.165, 1.54) is 0 Å². The summed E-state index contributed by atoms with van der Waals surface area (Å²) in [6.07, 6.45) is 0.0702. The molecule has 0 aliphatic carbocycles. The van der Waals surface area contributed by atoms with Gasteiger partial charge >= 0.3 is 12.1 Å². The number of carboxylic acids is 1. The number of fused-ring (bicyclic) bond motifs is 1. The average Bonchev–Trinajstić information content (AvgIpc) is 2.81. The molecule has 1 fully saturated rings. The number of halogens is 3. The highest BCUT2D eigenvalue weighted by Gasteiger charge is 2.42. The quantitative estimate of drug-likeness (QED) is 0.667. The summed E-state index contributed by atoms with van der Waals surface area (Å²) >= 11 is 0. The summed E-state index contributed by atoms with van der Waals surface area (Å²) in [5.74, 6) is -1.58. The number of aromatic nitrogens is 2. The normalized spacial score (nSPS) is 19.6. The van der Waals surface area contributed by atoms with Gasteiger partial charge in [-0.1, -0.05) is 19.1 Å². The molecule has 1 aromatic carbocycles. The van der Waals surface area contributed by atoms with Gasteiger partial charge in [0.25, 0.3) is 0 Å². The number of alkyl halides is 3. The lowest BCUT2D eigenvalue weighted by Crippen LogP contribution is -2.51. The number of rotatable bonds is 2. The molecule has 2 aliphatic heterocycles. The van der Waals surface area contributed by atoms with Crippen LogP contribution in [0.3, 0.4) is 0 Å². The molecular formula is C21H25F3N4O5S. The van der Waals surface area contributed by atoms with E-state index in [9.17, 15) is 21.6 Å². The highest BCUT2D eigenvalue weighted by atomic mass is 32.2. The van der Waals surface area contributed by atoms with Crippen LogP contribution in [0, 0.1) is 5.41 Å². The number of aliphatic carboxylic acids is 1. The molecule has 2 aromatic rings. The van der Waals surface area contributed by atoms with E-state index in [0.29, 0.717) is 25.4 Å². The SMILES string of the molecule is CCN1CC2(CCN(c3ncccn3)CC2)COc2ccccc2S1(=O)=O.O=C(O)C(F)(F)F. The first-order chi connectivity index (χ1) is 16.0. The standard InChI is InChI=1S/C19H24N4O3S.C2HF3O2/c1-2-23-14-19(8-12-22(13-9-19)18-20-10-5-11-21-18)15-26-16-6-3-4-7-17(16)27(23,24)25;3-2(4,5)1(6)7/h3-7,10-11H,2,8-9,12-15H2,1H3;(H,6,7). The average molecular weight is 503 g/mol. The third-order valence-electron chi connectivity index (χ3n) is 5.77. The van der Waals surface area contributed by atoms with E-state index in [0.717, 1.165) is 31.9 Å². The summed E-state index contributed by atoms with van der Waals surface area (Å²) in [4.78, 5) is 20.0. The van der Waals surface area contributed by atoms with Gasteiger partial charge in [0.1, 0.15) is 10.6 Å². The smallest absolute Gasteiger partial charge is 0.490 e. The Morgan fingerprint density at radius 2 is 1.74 bits per heavy atom. The molecular weight excluding hydrogens is 477 g/mol. The largest absolute Gasteiger partial charge is 0.492 e. The number of hydrogen-bond acceptors (Lipinski definition) is 7. The first-order valence-corrected chi connectivity index (χ1v) is 12.0. The zero-order valence-corrected chi connectivity index (χ0v) is 19.2. The molecule has 0 amide bonds. The number of carboxylic acid groups (broad SMARTS) is 1. The Kier molecular flexibility index (Phi) is 7.66.